The molecule has 3 nitrogen and oxygen atoms in total. The first-order valence-electron chi connectivity index (χ1n) is 3.41. The summed E-state index contributed by atoms with van der Waals surface area (Å²) in [5, 5.41) is 0.446. The molecule has 0 aliphatic carbocycles. The first-order valence-corrected chi connectivity index (χ1v) is 3.79. The van der Waals surface area contributed by atoms with Gasteiger partial charge in [0.2, 0.25) is 0 Å². The summed E-state index contributed by atoms with van der Waals surface area (Å²) in [5.41, 5.74) is 1.56. The number of carbonyl (C=O) groups is 1. The summed E-state index contributed by atoms with van der Waals surface area (Å²) in [6, 6.07) is 3.60. The van der Waals surface area contributed by atoms with E-state index in [1.165, 1.54) is 0 Å². The molecule has 0 aliphatic heterocycles. The summed E-state index contributed by atoms with van der Waals surface area (Å²) in [4.78, 5) is 13.8. The van der Waals surface area contributed by atoms with Gasteiger partial charge in [-0.3, -0.25) is 4.79 Å². The number of hydrogen-bond donors (Lipinski definition) is 0. The number of ether oxygens (including phenoxy) is 1. The van der Waals surface area contributed by atoms with Crippen LogP contribution in [-0.2, 0) is 16.1 Å². The van der Waals surface area contributed by atoms with Crippen LogP contribution in [0.1, 0.15) is 11.3 Å². The van der Waals surface area contributed by atoms with Gasteiger partial charge >= 0.3 is 0 Å². The van der Waals surface area contributed by atoms with Gasteiger partial charge < -0.3 is 4.74 Å². The Hall–Kier alpha value is -1.09. The molecular weight excluding hydrogens is 178 g/mol. The topological polar surface area (TPSA) is 39.2 Å². The Kier molecular flexibility index (Phi) is 3.05. The molecule has 0 radical (unpaired) electrons. The zero-order chi connectivity index (χ0) is 8.97. The van der Waals surface area contributed by atoms with Gasteiger partial charge in [-0.1, -0.05) is 17.7 Å². The average molecular weight is 186 g/mol. The Morgan fingerprint density at radius 3 is 3.00 bits per heavy atom. The van der Waals surface area contributed by atoms with E-state index in [0.29, 0.717) is 17.3 Å². The van der Waals surface area contributed by atoms with Gasteiger partial charge in [0.15, 0.2) is 0 Å². The molecule has 0 bridgehead atoms. The number of pyridine rings is 1. The molecule has 1 rings (SSSR count). The second kappa shape index (κ2) is 4.07. The van der Waals surface area contributed by atoms with Gasteiger partial charge in [-0.15, -0.1) is 0 Å². The number of nitrogens with zero attached hydrogens (tertiary/aromatic N) is 1. The Morgan fingerprint density at radius 2 is 2.42 bits per heavy atom. The second-order valence-corrected chi connectivity index (χ2v) is 2.68. The highest BCUT2D eigenvalue weighted by molar-refractivity contribution is 6.30. The van der Waals surface area contributed by atoms with E-state index in [4.69, 9.17) is 11.6 Å². The minimum atomic E-state index is 0.170. The highest BCUT2D eigenvalue weighted by Gasteiger charge is 1.98. The highest BCUT2D eigenvalue weighted by atomic mass is 35.5. The molecule has 4 heteroatoms. The first kappa shape index (κ1) is 9.00. The maximum Gasteiger partial charge on any atom is 0.293 e. The summed E-state index contributed by atoms with van der Waals surface area (Å²) in [5.74, 6) is 0. The van der Waals surface area contributed by atoms with Crippen LogP contribution in [0.3, 0.4) is 0 Å². The number of halogens is 1. The van der Waals surface area contributed by atoms with E-state index in [-0.39, 0.29) is 6.61 Å². The monoisotopic (exact) mass is 185 g/mol. The third-order valence-corrected chi connectivity index (χ3v) is 1.77. The zero-order valence-corrected chi connectivity index (χ0v) is 7.34. The number of hydrogen-bond acceptors (Lipinski definition) is 3. The van der Waals surface area contributed by atoms with E-state index >= 15 is 0 Å². The Morgan fingerprint density at radius 1 is 1.67 bits per heavy atom. The summed E-state index contributed by atoms with van der Waals surface area (Å²) in [6.45, 7) is 2.42. The van der Waals surface area contributed by atoms with E-state index in [1.54, 1.807) is 6.07 Å². The minimum Gasteiger partial charge on any atom is -0.461 e. The van der Waals surface area contributed by atoms with E-state index in [2.05, 4.69) is 9.72 Å². The van der Waals surface area contributed by atoms with Crippen molar-refractivity contribution in [3.05, 3.63) is 28.5 Å². The van der Waals surface area contributed by atoms with E-state index in [1.807, 2.05) is 13.0 Å². The highest BCUT2D eigenvalue weighted by Crippen LogP contribution is 2.12. The van der Waals surface area contributed by atoms with Crippen molar-refractivity contribution in [2.45, 2.75) is 13.5 Å². The predicted molar refractivity (Wildman–Crippen MR) is 44.8 cm³/mol. The van der Waals surface area contributed by atoms with Crippen LogP contribution in [0.2, 0.25) is 5.15 Å². The van der Waals surface area contributed by atoms with E-state index < -0.39 is 0 Å². The molecule has 0 amide bonds. The Balaban J connectivity index is 2.75. The van der Waals surface area contributed by atoms with Gasteiger partial charge in [0.05, 0.1) is 5.69 Å². The normalized spacial score (nSPS) is 9.50. The third kappa shape index (κ3) is 2.20. The van der Waals surface area contributed by atoms with Crippen LogP contribution < -0.4 is 0 Å². The smallest absolute Gasteiger partial charge is 0.293 e. The number of rotatable bonds is 3. The lowest BCUT2D eigenvalue weighted by Gasteiger charge is -2.00. The standard InChI is InChI=1S/C8H8ClNO2/c1-6-2-3-7(4-12-5-11)10-8(6)9/h2-3,5H,4H2,1H3. The molecule has 0 spiro atoms. The van der Waals surface area contributed by atoms with Gasteiger partial charge in [0.25, 0.3) is 6.47 Å². The van der Waals surface area contributed by atoms with Crippen molar-refractivity contribution in [1.29, 1.82) is 0 Å². The van der Waals surface area contributed by atoms with Gasteiger partial charge in [0.1, 0.15) is 11.8 Å². The Labute approximate surface area is 75.3 Å². The molecule has 1 aromatic heterocycles. The van der Waals surface area contributed by atoms with Gasteiger partial charge in [-0.25, -0.2) is 4.98 Å². The van der Waals surface area contributed by atoms with Crippen molar-refractivity contribution < 1.29 is 9.53 Å². The summed E-state index contributed by atoms with van der Waals surface area (Å²) in [6.07, 6.45) is 0. The van der Waals surface area contributed by atoms with Crippen molar-refractivity contribution in [3.8, 4) is 0 Å². The molecule has 1 heterocycles. The average Bonchev–Trinajstić information content (AvgIpc) is 2.07. The maximum atomic E-state index is 9.85. The molecule has 1 aromatic rings. The van der Waals surface area contributed by atoms with E-state index in [0.717, 1.165) is 5.56 Å². The lowest BCUT2D eigenvalue weighted by atomic mass is 10.3. The fourth-order valence-corrected chi connectivity index (χ4v) is 0.913. The molecule has 12 heavy (non-hydrogen) atoms. The van der Waals surface area contributed by atoms with Crippen LogP contribution in [0.25, 0.3) is 0 Å². The van der Waals surface area contributed by atoms with Gasteiger partial charge in [0, 0.05) is 0 Å². The SMILES string of the molecule is Cc1ccc(COC=O)nc1Cl. The number of aryl methyl sites for hydroxylation is 1. The number of aromatic nitrogens is 1. The quantitative estimate of drug-likeness (QED) is 0.532. The number of carbonyl (C=O) groups excluding carboxylic acids is 1. The van der Waals surface area contributed by atoms with E-state index in [9.17, 15) is 4.79 Å². The first-order chi connectivity index (χ1) is 5.74. The van der Waals surface area contributed by atoms with Crippen LogP contribution in [0, 0.1) is 6.92 Å². The van der Waals surface area contributed by atoms with Crippen molar-refractivity contribution in [2.24, 2.45) is 0 Å². The predicted octanol–water partition coefficient (Wildman–Crippen LogP) is 1.72. The molecule has 0 fully saturated rings. The molecule has 0 unspecified atom stereocenters. The lowest BCUT2D eigenvalue weighted by Crippen LogP contribution is -1.94. The molecule has 0 aliphatic rings. The Bertz CT molecular complexity index is 288. The van der Waals surface area contributed by atoms with Crippen molar-refractivity contribution >= 4 is 18.1 Å². The molecule has 64 valence electrons. The largest absolute Gasteiger partial charge is 0.461 e. The van der Waals surface area contributed by atoms with Crippen LogP contribution in [0.5, 0.6) is 0 Å². The second-order valence-electron chi connectivity index (χ2n) is 2.32. The third-order valence-electron chi connectivity index (χ3n) is 1.39. The minimum absolute atomic E-state index is 0.170. The van der Waals surface area contributed by atoms with Crippen LogP contribution in [0.4, 0.5) is 0 Å². The van der Waals surface area contributed by atoms with Crippen LogP contribution >= 0.6 is 11.6 Å². The van der Waals surface area contributed by atoms with Crippen molar-refractivity contribution in [2.75, 3.05) is 0 Å². The zero-order valence-electron chi connectivity index (χ0n) is 6.58. The summed E-state index contributed by atoms with van der Waals surface area (Å²) in [7, 11) is 0. The molecule has 0 atom stereocenters. The lowest BCUT2D eigenvalue weighted by molar-refractivity contribution is -0.129. The molecule has 0 N–H and O–H groups in total. The molecule has 0 aromatic carbocycles. The van der Waals surface area contributed by atoms with Gasteiger partial charge in [-0.2, -0.15) is 0 Å². The molecule has 0 saturated heterocycles. The van der Waals surface area contributed by atoms with Gasteiger partial charge in [-0.05, 0) is 18.6 Å². The molecular formula is C8H8ClNO2. The van der Waals surface area contributed by atoms with Crippen LogP contribution in [-0.4, -0.2) is 11.5 Å². The summed E-state index contributed by atoms with van der Waals surface area (Å²) >= 11 is 5.74. The summed E-state index contributed by atoms with van der Waals surface area (Å²) < 4.78 is 4.51. The van der Waals surface area contributed by atoms with Crippen molar-refractivity contribution in [3.63, 3.8) is 0 Å². The maximum absolute atomic E-state index is 9.85. The van der Waals surface area contributed by atoms with Crippen molar-refractivity contribution in [1.82, 2.24) is 4.98 Å². The fraction of sp³-hybridized carbons (Fsp3) is 0.250. The van der Waals surface area contributed by atoms with Crippen LogP contribution in [0.15, 0.2) is 12.1 Å². The molecule has 0 saturated carbocycles. The fourth-order valence-electron chi connectivity index (χ4n) is 0.741.